The van der Waals surface area contributed by atoms with E-state index in [2.05, 4.69) is 0 Å². The van der Waals surface area contributed by atoms with Crippen LogP contribution in [0.5, 0.6) is 0 Å². The number of amides is 1. The fraction of sp³-hybridized carbons (Fsp3) is 0.250. The summed E-state index contributed by atoms with van der Waals surface area (Å²) in [6.45, 7) is -0.0662. The molecule has 24 heavy (non-hydrogen) atoms. The smallest absolute Gasteiger partial charge is 0.323 e. The molecule has 1 aliphatic heterocycles. The molecule has 1 aromatic heterocycles. The van der Waals surface area contributed by atoms with E-state index in [-0.39, 0.29) is 23.4 Å². The molecule has 3 rings (SSSR count). The van der Waals surface area contributed by atoms with Crippen LogP contribution in [-0.4, -0.2) is 39.5 Å². The van der Waals surface area contributed by atoms with E-state index in [1.165, 1.54) is 17.2 Å². The first kappa shape index (κ1) is 16.0. The standard InChI is InChI=1S/C16H12ClN3O4/c17-10-1-2-12-11(5-10)15(23)9(6-18)7-20(12)13-3-4-19(16(13)24)8-14(21)22/h1-2,5,7,13H,3-4,8H2,(H,21,22). The van der Waals surface area contributed by atoms with Crippen LogP contribution in [0.4, 0.5) is 0 Å². The molecule has 1 amide bonds. The minimum atomic E-state index is -1.08. The molecule has 1 fully saturated rings. The van der Waals surface area contributed by atoms with Crippen LogP contribution in [-0.2, 0) is 9.59 Å². The Morgan fingerprint density at radius 2 is 2.17 bits per heavy atom. The lowest BCUT2D eigenvalue weighted by atomic mass is 10.1. The average molecular weight is 346 g/mol. The number of halogens is 1. The Labute approximate surface area is 141 Å². The van der Waals surface area contributed by atoms with Crippen molar-refractivity contribution in [3.05, 3.63) is 45.2 Å². The molecule has 2 aromatic rings. The molecular formula is C16H12ClN3O4. The van der Waals surface area contributed by atoms with E-state index in [0.29, 0.717) is 23.5 Å². The summed E-state index contributed by atoms with van der Waals surface area (Å²) < 4.78 is 1.57. The summed E-state index contributed by atoms with van der Waals surface area (Å²) in [6.07, 6.45) is 1.75. The van der Waals surface area contributed by atoms with Crippen LogP contribution in [0, 0.1) is 11.3 Å². The van der Waals surface area contributed by atoms with Gasteiger partial charge in [0, 0.05) is 23.2 Å². The van der Waals surface area contributed by atoms with Crippen molar-refractivity contribution in [1.82, 2.24) is 9.47 Å². The van der Waals surface area contributed by atoms with E-state index in [1.807, 2.05) is 6.07 Å². The van der Waals surface area contributed by atoms with Crippen molar-refractivity contribution in [3.8, 4) is 6.07 Å². The van der Waals surface area contributed by atoms with E-state index in [0.717, 1.165) is 0 Å². The number of nitrogens with zero attached hydrogens (tertiary/aromatic N) is 3. The Hall–Kier alpha value is -2.85. The van der Waals surface area contributed by atoms with Crippen molar-refractivity contribution in [1.29, 1.82) is 5.26 Å². The third-order valence-electron chi connectivity index (χ3n) is 4.05. The maximum Gasteiger partial charge on any atom is 0.323 e. The predicted octanol–water partition coefficient (Wildman–Crippen LogP) is 1.38. The number of carbonyl (C=O) groups is 2. The molecule has 0 radical (unpaired) electrons. The Morgan fingerprint density at radius 3 is 2.83 bits per heavy atom. The molecule has 1 aromatic carbocycles. The highest BCUT2D eigenvalue weighted by molar-refractivity contribution is 6.31. The van der Waals surface area contributed by atoms with Gasteiger partial charge in [-0.15, -0.1) is 0 Å². The van der Waals surface area contributed by atoms with Crippen molar-refractivity contribution in [2.24, 2.45) is 0 Å². The zero-order valence-electron chi connectivity index (χ0n) is 12.4. The number of hydrogen-bond donors (Lipinski definition) is 1. The van der Waals surface area contributed by atoms with Crippen molar-refractivity contribution in [2.75, 3.05) is 13.1 Å². The first-order valence-electron chi connectivity index (χ1n) is 7.17. The predicted molar refractivity (Wildman–Crippen MR) is 85.8 cm³/mol. The number of rotatable bonds is 3. The van der Waals surface area contributed by atoms with Crippen molar-refractivity contribution >= 4 is 34.4 Å². The highest BCUT2D eigenvalue weighted by Crippen LogP contribution is 2.27. The van der Waals surface area contributed by atoms with Crippen LogP contribution in [0.15, 0.2) is 29.2 Å². The summed E-state index contributed by atoms with van der Waals surface area (Å²) in [7, 11) is 0. The molecule has 0 aliphatic carbocycles. The number of carboxylic acids is 1. The van der Waals surface area contributed by atoms with Crippen LogP contribution in [0.2, 0.25) is 5.02 Å². The van der Waals surface area contributed by atoms with E-state index in [1.54, 1.807) is 16.7 Å². The lowest BCUT2D eigenvalue weighted by Crippen LogP contribution is -2.33. The number of carbonyl (C=O) groups excluding carboxylic acids is 1. The minimum absolute atomic E-state index is 0.0887. The van der Waals surface area contributed by atoms with E-state index in [4.69, 9.17) is 16.7 Å². The highest BCUT2D eigenvalue weighted by Gasteiger charge is 2.34. The normalized spacial score (nSPS) is 17.2. The lowest BCUT2D eigenvalue weighted by Gasteiger charge is -2.18. The van der Waals surface area contributed by atoms with Gasteiger partial charge in [0.05, 0.1) is 5.52 Å². The molecule has 8 heteroatoms. The molecule has 1 aliphatic rings. The maximum atomic E-state index is 12.5. The number of aliphatic carboxylic acids is 1. The number of carboxylic acid groups (broad SMARTS) is 1. The van der Waals surface area contributed by atoms with E-state index < -0.39 is 17.4 Å². The minimum Gasteiger partial charge on any atom is -0.480 e. The van der Waals surface area contributed by atoms with Crippen LogP contribution >= 0.6 is 11.6 Å². The lowest BCUT2D eigenvalue weighted by molar-refractivity contribution is -0.143. The quantitative estimate of drug-likeness (QED) is 0.905. The summed E-state index contributed by atoms with van der Waals surface area (Å²) in [4.78, 5) is 36.9. The summed E-state index contributed by atoms with van der Waals surface area (Å²) in [5.41, 5.74) is -0.0488. The Balaban J connectivity index is 2.15. The molecule has 0 bridgehead atoms. The van der Waals surface area contributed by atoms with Gasteiger partial charge in [-0.05, 0) is 24.6 Å². The van der Waals surface area contributed by atoms with Crippen LogP contribution < -0.4 is 5.43 Å². The van der Waals surface area contributed by atoms with Gasteiger partial charge in [0.15, 0.2) is 0 Å². The summed E-state index contributed by atoms with van der Waals surface area (Å²) in [5, 5.41) is 18.7. The molecule has 1 atom stereocenters. The zero-order valence-corrected chi connectivity index (χ0v) is 13.2. The van der Waals surface area contributed by atoms with E-state index >= 15 is 0 Å². The number of nitriles is 1. The van der Waals surface area contributed by atoms with Gasteiger partial charge in [-0.2, -0.15) is 5.26 Å². The second kappa shape index (κ2) is 5.98. The topological polar surface area (TPSA) is 103 Å². The van der Waals surface area contributed by atoms with Gasteiger partial charge < -0.3 is 14.6 Å². The van der Waals surface area contributed by atoms with Crippen LogP contribution in [0.3, 0.4) is 0 Å². The monoisotopic (exact) mass is 345 g/mol. The number of fused-ring (bicyclic) bond motifs is 1. The SMILES string of the molecule is N#Cc1cn(C2CCN(CC(=O)O)C2=O)c2ccc(Cl)cc2c1=O. The maximum absolute atomic E-state index is 12.5. The van der Waals surface area contributed by atoms with Gasteiger partial charge in [-0.25, -0.2) is 0 Å². The third kappa shape index (κ3) is 2.61. The van der Waals surface area contributed by atoms with Gasteiger partial charge in [0.2, 0.25) is 11.3 Å². The third-order valence-corrected chi connectivity index (χ3v) is 4.28. The van der Waals surface area contributed by atoms with Crippen LogP contribution in [0.25, 0.3) is 10.9 Å². The van der Waals surface area contributed by atoms with Gasteiger partial charge in [0.25, 0.3) is 0 Å². The summed E-state index contributed by atoms with van der Waals surface area (Å²) in [6, 6.07) is 5.86. The Bertz CT molecular complexity index is 960. The molecule has 0 spiro atoms. The Morgan fingerprint density at radius 1 is 1.42 bits per heavy atom. The summed E-state index contributed by atoms with van der Waals surface area (Å²) in [5.74, 6) is -1.43. The van der Waals surface area contributed by atoms with Crippen molar-refractivity contribution in [2.45, 2.75) is 12.5 Å². The van der Waals surface area contributed by atoms with Crippen molar-refractivity contribution in [3.63, 3.8) is 0 Å². The number of aromatic nitrogens is 1. The molecule has 1 saturated heterocycles. The molecule has 122 valence electrons. The highest BCUT2D eigenvalue weighted by atomic mass is 35.5. The van der Waals surface area contributed by atoms with Crippen LogP contribution in [0.1, 0.15) is 18.0 Å². The fourth-order valence-corrected chi connectivity index (χ4v) is 3.14. The number of likely N-dealkylation sites (tertiary alicyclic amines) is 1. The van der Waals surface area contributed by atoms with Gasteiger partial charge in [0.1, 0.15) is 24.2 Å². The van der Waals surface area contributed by atoms with Crippen molar-refractivity contribution < 1.29 is 14.7 Å². The fourth-order valence-electron chi connectivity index (χ4n) is 2.97. The first-order valence-corrected chi connectivity index (χ1v) is 7.55. The van der Waals surface area contributed by atoms with Gasteiger partial charge in [-0.3, -0.25) is 14.4 Å². The summed E-state index contributed by atoms with van der Waals surface area (Å²) >= 11 is 5.94. The molecule has 1 N–H and O–H groups in total. The number of pyridine rings is 1. The average Bonchev–Trinajstić information content (AvgIpc) is 2.88. The molecular weight excluding hydrogens is 334 g/mol. The molecule has 2 heterocycles. The Kier molecular flexibility index (Phi) is 3.99. The second-order valence-corrected chi connectivity index (χ2v) is 5.95. The first-order chi connectivity index (χ1) is 11.4. The second-order valence-electron chi connectivity index (χ2n) is 5.51. The van der Waals surface area contributed by atoms with E-state index in [9.17, 15) is 19.6 Å². The number of benzene rings is 1. The van der Waals surface area contributed by atoms with Gasteiger partial charge in [-0.1, -0.05) is 11.6 Å². The largest absolute Gasteiger partial charge is 0.480 e. The van der Waals surface area contributed by atoms with Gasteiger partial charge >= 0.3 is 5.97 Å². The zero-order chi connectivity index (χ0) is 17.4. The molecule has 1 unspecified atom stereocenters. The molecule has 0 saturated carbocycles. The number of hydrogen-bond acceptors (Lipinski definition) is 4. The molecule has 7 nitrogen and oxygen atoms in total.